The van der Waals surface area contributed by atoms with Gasteiger partial charge in [-0.05, 0) is 30.2 Å². The molecular formula is C8H3ClN2. The lowest BCUT2D eigenvalue weighted by Gasteiger charge is -1.97. The minimum Gasteiger partial charge on any atom is -0.361 e. The molecule has 0 spiro atoms. The molecule has 1 heterocycles. The first-order valence-electron chi connectivity index (χ1n) is 2.74. The van der Waals surface area contributed by atoms with Crippen molar-refractivity contribution in [3.63, 3.8) is 0 Å². The first kappa shape index (κ1) is 8.03. The van der Waals surface area contributed by atoms with E-state index in [1.807, 2.05) is 0 Å². The second-order valence-corrected chi connectivity index (χ2v) is 2.24. The number of rotatable bonds is 0. The summed E-state index contributed by atoms with van der Waals surface area (Å²) in [5, 5.41) is 0.0796. The Hall–Kier alpha value is -1.07. The summed E-state index contributed by atoms with van der Waals surface area (Å²) in [5.41, 5.74) is 0.509. The molecular weight excluding hydrogens is 160 g/mol. The maximum absolute atomic E-state index is 6.62. The predicted molar refractivity (Wildman–Crippen MR) is 42.3 cm³/mol. The Balaban J connectivity index is 3.35. The van der Waals surface area contributed by atoms with Gasteiger partial charge in [-0.1, -0.05) is 6.57 Å². The second kappa shape index (κ2) is 2.89. The zero-order valence-electron chi connectivity index (χ0n) is 5.50. The maximum atomic E-state index is 6.62. The summed E-state index contributed by atoms with van der Waals surface area (Å²) >= 11 is 5.54. The molecule has 1 aromatic heterocycles. The Bertz CT molecular complexity index is 302. The van der Waals surface area contributed by atoms with Gasteiger partial charge in [0.25, 0.3) is 5.82 Å². The molecule has 0 unspecified atom stereocenters. The minimum absolute atomic E-state index is 0.0796. The summed E-state index contributed by atoms with van der Waals surface area (Å²) in [6.07, 6.45) is 0. The normalized spacial score (nSPS) is 9.27. The van der Waals surface area contributed by atoms with Gasteiger partial charge in [-0.25, -0.2) is 0 Å². The van der Waals surface area contributed by atoms with E-state index in [4.69, 9.17) is 32.0 Å². The van der Waals surface area contributed by atoms with Gasteiger partial charge >= 0.3 is 0 Å². The highest BCUT2D eigenvalue weighted by molar-refractivity contribution is 6.30. The van der Waals surface area contributed by atoms with E-state index >= 15 is 0 Å². The van der Waals surface area contributed by atoms with Crippen LogP contribution in [0.3, 0.4) is 0 Å². The second-order valence-electron chi connectivity index (χ2n) is 1.89. The van der Waals surface area contributed by atoms with Crippen molar-refractivity contribution in [3.05, 3.63) is 47.6 Å². The average Bonchev–Trinajstić information content (AvgIpc) is 1.99. The molecule has 1 rings (SSSR count). The quantitative estimate of drug-likeness (QED) is 0.423. The monoisotopic (exact) mass is 162 g/mol. The number of halogens is 1. The van der Waals surface area contributed by atoms with Crippen LogP contribution in [-0.2, 0) is 0 Å². The Morgan fingerprint density at radius 3 is 2.64 bits per heavy atom. The molecule has 0 saturated heterocycles. The van der Waals surface area contributed by atoms with Crippen molar-refractivity contribution in [1.29, 1.82) is 0 Å². The van der Waals surface area contributed by atoms with Gasteiger partial charge in [0.15, 0.2) is 0 Å². The lowest BCUT2D eigenvalue weighted by atomic mass is 10.2. The number of nitrogens with zero attached hydrogens (tertiary/aromatic N) is 2. The van der Waals surface area contributed by atoms with Crippen LogP contribution >= 0.6 is 11.6 Å². The minimum atomic E-state index is 0.0796. The van der Waals surface area contributed by atoms with Gasteiger partial charge in [-0.15, -0.1) is 4.98 Å². The maximum Gasteiger partial charge on any atom is 0.271 e. The molecule has 0 aliphatic carbocycles. The molecule has 0 aliphatic rings. The van der Waals surface area contributed by atoms with Crippen LogP contribution < -0.4 is 0 Å². The lowest BCUT2D eigenvalue weighted by Crippen LogP contribution is -1.85. The van der Waals surface area contributed by atoms with Crippen LogP contribution in [0.5, 0.6) is 0 Å². The molecule has 0 atom stereocenters. The lowest BCUT2D eigenvalue weighted by molar-refractivity contribution is 1.31. The highest BCUT2D eigenvalue weighted by Crippen LogP contribution is 2.21. The molecule has 1 aromatic rings. The van der Waals surface area contributed by atoms with Gasteiger partial charge < -0.3 is 4.85 Å². The van der Waals surface area contributed by atoms with E-state index < -0.39 is 0 Å². The molecule has 0 amide bonds. The molecule has 4 radical (unpaired) electrons. The Labute approximate surface area is 70.7 Å². The molecule has 0 N–H and O–H groups in total. The molecule has 3 heteroatoms. The number of hydrogen-bond acceptors (Lipinski definition) is 1. The van der Waals surface area contributed by atoms with Gasteiger partial charge in [0.2, 0.25) is 5.15 Å². The molecule has 11 heavy (non-hydrogen) atoms. The Kier molecular flexibility index (Phi) is 2.11. The Morgan fingerprint density at radius 1 is 1.55 bits per heavy atom. The smallest absolute Gasteiger partial charge is 0.271 e. The van der Waals surface area contributed by atoms with Crippen molar-refractivity contribution < 1.29 is 0 Å². The van der Waals surface area contributed by atoms with Gasteiger partial charge in [0, 0.05) is 12.5 Å². The SMILES string of the molecule is [C-]#[N+]c1cc([CH])c([CH])c(Cl)n1. The third kappa shape index (κ3) is 1.50. The number of aromatic nitrogens is 1. The van der Waals surface area contributed by atoms with Gasteiger partial charge in [0.1, 0.15) is 0 Å². The number of hydrogen-bond donors (Lipinski definition) is 0. The summed E-state index contributed by atoms with van der Waals surface area (Å²) in [6, 6.07) is 1.38. The average molecular weight is 163 g/mol. The summed E-state index contributed by atoms with van der Waals surface area (Å²) < 4.78 is 0. The van der Waals surface area contributed by atoms with Crippen molar-refractivity contribution in [2.45, 2.75) is 0 Å². The summed E-state index contributed by atoms with van der Waals surface area (Å²) in [4.78, 5) is 6.71. The molecule has 2 nitrogen and oxygen atoms in total. The highest BCUT2D eigenvalue weighted by Gasteiger charge is 2.05. The molecule has 0 aromatic carbocycles. The fraction of sp³-hybridized carbons (Fsp3) is 0. The zero-order chi connectivity index (χ0) is 8.43. The van der Waals surface area contributed by atoms with Crippen LogP contribution in [0, 0.1) is 20.4 Å². The molecule has 0 saturated carbocycles. The van der Waals surface area contributed by atoms with E-state index in [1.54, 1.807) is 0 Å². The first-order chi connectivity index (χ1) is 5.15. The fourth-order valence-corrected chi connectivity index (χ4v) is 0.782. The van der Waals surface area contributed by atoms with E-state index in [2.05, 4.69) is 9.83 Å². The zero-order valence-corrected chi connectivity index (χ0v) is 6.26. The Morgan fingerprint density at radius 2 is 2.18 bits per heavy atom. The topological polar surface area (TPSA) is 17.2 Å². The highest BCUT2D eigenvalue weighted by atomic mass is 35.5. The van der Waals surface area contributed by atoms with Gasteiger partial charge in [0.05, 0.1) is 0 Å². The molecule has 52 valence electrons. The van der Waals surface area contributed by atoms with Gasteiger partial charge in [-0.2, -0.15) is 0 Å². The number of pyridine rings is 1. The van der Waals surface area contributed by atoms with Crippen LogP contribution in [0.25, 0.3) is 4.85 Å². The van der Waals surface area contributed by atoms with Crippen molar-refractivity contribution in [2.24, 2.45) is 0 Å². The molecule has 0 bridgehead atoms. The van der Waals surface area contributed by atoms with E-state index in [-0.39, 0.29) is 22.1 Å². The largest absolute Gasteiger partial charge is 0.361 e. The van der Waals surface area contributed by atoms with Crippen molar-refractivity contribution >= 4 is 17.4 Å². The fourth-order valence-electron chi connectivity index (χ4n) is 0.586. The van der Waals surface area contributed by atoms with Crippen LogP contribution in [-0.4, -0.2) is 4.98 Å². The van der Waals surface area contributed by atoms with Crippen LogP contribution in [0.2, 0.25) is 5.15 Å². The van der Waals surface area contributed by atoms with Crippen LogP contribution in [0.1, 0.15) is 11.1 Å². The van der Waals surface area contributed by atoms with E-state index in [0.717, 1.165) is 0 Å². The van der Waals surface area contributed by atoms with E-state index in [9.17, 15) is 0 Å². The van der Waals surface area contributed by atoms with E-state index in [0.29, 0.717) is 0 Å². The molecule has 0 fully saturated rings. The standard InChI is InChI=1S/C8H3ClN2/c1-5-4-7(10-3)11-8(9)6(5)2/h1-2,4H. The first-order valence-corrected chi connectivity index (χ1v) is 3.12. The van der Waals surface area contributed by atoms with Crippen LogP contribution in [0.4, 0.5) is 5.82 Å². The van der Waals surface area contributed by atoms with E-state index in [1.165, 1.54) is 6.07 Å². The third-order valence-corrected chi connectivity index (χ3v) is 1.43. The van der Waals surface area contributed by atoms with Crippen molar-refractivity contribution in [3.8, 4) is 0 Å². The molecule has 0 aliphatic heterocycles. The van der Waals surface area contributed by atoms with Gasteiger partial charge in [-0.3, -0.25) is 0 Å². The van der Waals surface area contributed by atoms with Crippen molar-refractivity contribution in [1.82, 2.24) is 4.98 Å². The van der Waals surface area contributed by atoms with Crippen molar-refractivity contribution in [2.75, 3.05) is 0 Å². The predicted octanol–water partition coefficient (Wildman–Crippen LogP) is 2.40. The third-order valence-electron chi connectivity index (χ3n) is 1.15. The summed E-state index contributed by atoms with van der Waals surface area (Å²) in [6.45, 7) is 17.4. The van der Waals surface area contributed by atoms with Crippen LogP contribution in [0.15, 0.2) is 6.07 Å². The summed E-state index contributed by atoms with van der Waals surface area (Å²) in [7, 11) is 0. The summed E-state index contributed by atoms with van der Waals surface area (Å²) in [5.74, 6) is 0.154.